The van der Waals surface area contributed by atoms with Gasteiger partial charge in [-0.05, 0) is 18.9 Å². The predicted molar refractivity (Wildman–Crippen MR) is 68.9 cm³/mol. The van der Waals surface area contributed by atoms with Gasteiger partial charge in [0.1, 0.15) is 6.33 Å². The zero-order chi connectivity index (χ0) is 12.6. The molecule has 18 heavy (non-hydrogen) atoms. The van der Waals surface area contributed by atoms with Crippen LogP contribution in [-0.4, -0.2) is 28.7 Å². The fourth-order valence-corrected chi connectivity index (χ4v) is 3.57. The fraction of sp³-hybridized carbons (Fsp3) is 0.714. The summed E-state index contributed by atoms with van der Waals surface area (Å²) in [6, 6.07) is 2.51. The Kier molecular flexibility index (Phi) is 3.08. The summed E-state index contributed by atoms with van der Waals surface area (Å²) in [4.78, 5) is 8.20. The Morgan fingerprint density at radius 1 is 1.50 bits per heavy atom. The van der Waals surface area contributed by atoms with Crippen molar-refractivity contribution in [2.75, 3.05) is 6.61 Å². The van der Waals surface area contributed by atoms with Gasteiger partial charge in [0.2, 0.25) is 0 Å². The molecule has 3 unspecified atom stereocenters. The number of ether oxygens (including phenoxy) is 1. The van der Waals surface area contributed by atoms with Crippen LogP contribution in [-0.2, 0) is 11.3 Å². The highest BCUT2D eigenvalue weighted by Crippen LogP contribution is 2.51. The molecule has 98 valence electrons. The van der Waals surface area contributed by atoms with Crippen molar-refractivity contribution in [1.29, 1.82) is 0 Å². The molecule has 1 aliphatic heterocycles. The highest BCUT2D eigenvalue weighted by atomic mass is 16.5. The van der Waals surface area contributed by atoms with Crippen molar-refractivity contribution in [2.24, 2.45) is 11.3 Å². The van der Waals surface area contributed by atoms with Gasteiger partial charge >= 0.3 is 0 Å². The van der Waals surface area contributed by atoms with E-state index in [0.29, 0.717) is 18.1 Å². The van der Waals surface area contributed by atoms with E-state index in [1.165, 1.54) is 12.8 Å². The van der Waals surface area contributed by atoms with Gasteiger partial charge in [0.05, 0.1) is 11.8 Å². The van der Waals surface area contributed by atoms with Crippen molar-refractivity contribution in [1.82, 2.24) is 15.3 Å². The fourth-order valence-electron chi connectivity index (χ4n) is 3.57. The monoisotopic (exact) mass is 247 g/mol. The summed E-state index contributed by atoms with van der Waals surface area (Å²) in [7, 11) is 0. The summed E-state index contributed by atoms with van der Waals surface area (Å²) < 4.78 is 5.91. The molecule has 1 aliphatic carbocycles. The van der Waals surface area contributed by atoms with Gasteiger partial charge in [-0.2, -0.15) is 0 Å². The van der Waals surface area contributed by atoms with Crippen LogP contribution < -0.4 is 5.32 Å². The molecule has 0 radical (unpaired) electrons. The van der Waals surface area contributed by atoms with E-state index in [0.717, 1.165) is 18.8 Å². The van der Waals surface area contributed by atoms with E-state index >= 15 is 0 Å². The second-order valence-corrected chi connectivity index (χ2v) is 5.98. The number of nitrogens with zero attached hydrogens (tertiary/aromatic N) is 2. The third-order valence-electron chi connectivity index (χ3n) is 4.48. The Bertz CT molecular complexity index is 407. The zero-order valence-electron chi connectivity index (χ0n) is 11.1. The molecule has 4 nitrogen and oxygen atoms in total. The number of nitrogens with one attached hydrogen (secondary N) is 1. The van der Waals surface area contributed by atoms with Crippen LogP contribution in [0.2, 0.25) is 0 Å². The van der Waals surface area contributed by atoms with Crippen molar-refractivity contribution in [3.8, 4) is 0 Å². The number of rotatable bonds is 3. The lowest BCUT2D eigenvalue weighted by molar-refractivity contribution is -0.193. The van der Waals surface area contributed by atoms with E-state index in [1.54, 1.807) is 12.5 Å². The first kappa shape index (κ1) is 12.1. The molecule has 1 aromatic rings. The molecule has 3 atom stereocenters. The van der Waals surface area contributed by atoms with Gasteiger partial charge in [-0.25, -0.2) is 9.97 Å². The normalized spacial score (nSPS) is 33.6. The maximum atomic E-state index is 5.91. The molecule has 2 aliphatic rings. The summed E-state index contributed by atoms with van der Waals surface area (Å²) in [6.45, 7) is 6.36. The van der Waals surface area contributed by atoms with Gasteiger partial charge in [0.25, 0.3) is 0 Å². The molecule has 2 fully saturated rings. The van der Waals surface area contributed by atoms with Gasteiger partial charge in [-0.15, -0.1) is 0 Å². The second kappa shape index (κ2) is 4.59. The predicted octanol–water partition coefficient (Wildman–Crippen LogP) is 1.77. The van der Waals surface area contributed by atoms with Crippen LogP contribution in [0.1, 0.15) is 32.4 Å². The average Bonchev–Trinajstić information content (AvgIpc) is 2.40. The van der Waals surface area contributed by atoms with E-state index < -0.39 is 0 Å². The van der Waals surface area contributed by atoms with Crippen molar-refractivity contribution in [3.05, 3.63) is 24.3 Å². The van der Waals surface area contributed by atoms with Crippen LogP contribution in [0.5, 0.6) is 0 Å². The Balaban J connectivity index is 1.62. The van der Waals surface area contributed by atoms with Gasteiger partial charge in [0, 0.05) is 36.7 Å². The highest BCUT2D eigenvalue weighted by Gasteiger charge is 2.57. The first-order valence-corrected chi connectivity index (χ1v) is 6.79. The van der Waals surface area contributed by atoms with E-state index in [2.05, 4.69) is 29.1 Å². The maximum Gasteiger partial charge on any atom is 0.115 e. The number of fused-ring (bicyclic) bond motifs is 1. The molecule has 0 amide bonds. The molecule has 3 rings (SSSR count). The van der Waals surface area contributed by atoms with Crippen LogP contribution in [0.25, 0.3) is 0 Å². The molecule has 1 aromatic heterocycles. The van der Waals surface area contributed by atoms with Gasteiger partial charge < -0.3 is 10.1 Å². The van der Waals surface area contributed by atoms with Crippen LogP contribution >= 0.6 is 0 Å². The lowest BCUT2D eigenvalue weighted by atomic mass is 9.55. The van der Waals surface area contributed by atoms with Crippen LogP contribution in [0.3, 0.4) is 0 Å². The summed E-state index contributed by atoms with van der Waals surface area (Å²) in [6.07, 6.45) is 6.32. The number of hydrogen-bond acceptors (Lipinski definition) is 4. The first-order valence-electron chi connectivity index (χ1n) is 6.79. The van der Waals surface area contributed by atoms with E-state index in [1.807, 2.05) is 6.07 Å². The Morgan fingerprint density at radius 3 is 3.17 bits per heavy atom. The molecule has 4 heteroatoms. The van der Waals surface area contributed by atoms with Gasteiger partial charge in [-0.1, -0.05) is 13.8 Å². The van der Waals surface area contributed by atoms with Gasteiger partial charge in [0.15, 0.2) is 0 Å². The van der Waals surface area contributed by atoms with Crippen LogP contribution in [0.15, 0.2) is 18.6 Å². The minimum atomic E-state index is 0.234. The van der Waals surface area contributed by atoms with Crippen molar-refractivity contribution < 1.29 is 4.74 Å². The zero-order valence-corrected chi connectivity index (χ0v) is 11.1. The molecule has 0 bridgehead atoms. The largest absolute Gasteiger partial charge is 0.377 e. The van der Waals surface area contributed by atoms with E-state index in [-0.39, 0.29) is 5.41 Å². The second-order valence-electron chi connectivity index (χ2n) is 5.98. The minimum Gasteiger partial charge on any atom is -0.377 e. The number of aromatic nitrogens is 2. The third-order valence-corrected chi connectivity index (χ3v) is 4.48. The smallest absolute Gasteiger partial charge is 0.115 e. The highest BCUT2D eigenvalue weighted by molar-refractivity contribution is 5.11. The van der Waals surface area contributed by atoms with E-state index in [4.69, 9.17) is 4.74 Å². The lowest BCUT2D eigenvalue weighted by Crippen LogP contribution is -2.69. The first-order chi connectivity index (χ1) is 8.69. The molecule has 0 spiro atoms. The van der Waals surface area contributed by atoms with Crippen molar-refractivity contribution in [2.45, 2.75) is 45.4 Å². The maximum absolute atomic E-state index is 5.91. The van der Waals surface area contributed by atoms with Crippen molar-refractivity contribution in [3.63, 3.8) is 0 Å². The minimum absolute atomic E-state index is 0.234. The van der Waals surface area contributed by atoms with E-state index in [9.17, 15) is 0 Å². The van der Waals surface area contributed by atoms with Crippen LogP contribution in [0, 0.1) is 11.3 Å². The molecular weight excluding hydrogens is 226 g/mol. The quantitative estimate of drug-likeness (QED) is 0.884. The summed E-state index contributed by atoms with van der Waals surface area (Å²) in [5.74, 6) is 0.676. The number of hydrogen-bond donors (Lipinski definition) is 1. The van der Waals surface area contributed by atoms with Gasteiger partial charge in [-0.3, -0.25) is 0 Å². The molecular formula is C14H21N3O. The molecule has 0 aromatic carbocycles. The Hall–Kier alpha value is -1.00. The van der Waals surface area contributed by atoms with Crippen LogP contribution in [0.4, 0.5) is 0 Å². The average molecular weight is 247 g/mol. The SMILES string of the molecule is CC1(C)C(NCc2ccncn2)C2CCCOC21. The summed E-state index contributed by atoms with van der Waals surface area (Å²) in [5.41, 5.74) is 1.29. The summed E-state index contributed by atoms with van der Waals surface area (Å²) >= 11 is 0. The molecule has 1 saturated carbocycles. The molecule has 1 N–H and O–H groups in total. The Labute approximate surface area is 108 Å². The third kappa shape index (κ3) is 1.93. The molecule has 1 saturated heterocycles. The standard InChI is InChI=1S/C14H21N3O/c1-14(2)12(11-4-3-7-18-13(11)14)16-8-10-5-6-15-9-17-10/h5-6,9,11-13,16H,3-4,7-8H2,1-2H3. The lowest BCUT2D eigenvalue weighted by Gasteiger charge is -2.60. The topological polar surface area (TPSA) is 47.0 Å². The Morgan fingerprint density at radius 2 is 2.39 bits per heavy atom. The molecule has 2 heterocycles. The summed E-state index contributed by atoms with van der Waals surface area (Å²) in [5, 5.41) is 3.65. The van der Waals surface area contributed by atoms with Crippen molar-refractivity contribution >= 4 is 0 Å².